The molecule has 106 valence electrons. The first kappa shape index (κ1) is 15.9. The quantitative estimate of drug-likeness (QED) is 0.424. The molecular formula is C11H16N2O4S2. The third kappa shape index (κ3) is 6.02. The highest BCUT2D eigenvalue weighted by atomic mass is 33.1. The minimum Gasteiger partial charge on any atom is -0.481 e. The number of allylic oxidation sites excluding steroid dienone is 1. The molecule has 8 heteroatoms. The number of dihydropyridines is 1. The summed E-state index contributed by atoms with van der Waals surface area (Å²) in [5.74, 6) is -0.798. The van der Waals surface area contributed by atoms with Gasteiger partial charge in [-0.3, -0.25) is 14.9 Å². The Labute approximate surface area is 119 Å². The number of carboxylic acid groups (broad SMARTS) is 1. The second-order valence-electron chi connectivity index (χ2n) is 4.61. The van der Waals surface area contributed by atoms with Gasteiger partial charge in [0.25, 0.3) is 5.70 Å². The van der Waals surface area contributed by atoms with Crippen molar-refractivity contribution in [3.63, 3.8) is 0 Å². The van der Waals surface area contributed by atoms with Crippen LogP contribution in [0.4, 0.5) is 0 Å². The Balaban J connectivity index is 2.36. The number of carboxylic acids is 1. The molecule has 2 N–H and O–H groups in total. The van der Waals surface area contributed by atoms with E-state index in [1.165, 1.54) is 23.1 Å². The molecule has 0 bridgehead atoms. The van der Waals surface area contributed by atoms with Crippen molar-refractivity contribution in [2.75, 3.05) is 0 Å². The van der Waals surface area contributed by atoms with Gasteiger partial charge in [-0.05, 0) is 26.3 Å². The summed E-state index contributed by atoms with van der Waals surface area (Å²) in [4.78, 5) is 20.6. The number of nitro groups is 1. The van der Waals surface area contributed by atoms with E-state index in [1.54, 1.807) is 16.9 Å². The third-order valence-electron chi connectivity index (χ3n) is 2.37. The van der Waals surface area contributed by atoms with Crippen molar-refractivity contribution in [1.29, 1.82) is 0 Å². The Kier molecular flexibility index (Phi) is 5.74. The largest absolute Gasteiger partial charge is 0.481 e. The fourth-order valence-corrected chi connectivity index (χ4v) is 3.78. The molecule has 1 rings (SSSR count). The first-order valence-corrected chi connectivity index (χ1v) is 7.86. The summed E-state index contributed by atoms with van der Waals surface area (Å²) in [7, 11) is 3.11. The van der Waals surface area contributed by atoms with Crippen LogP contribution in [0.25, 0.3) is 0 Å². The van der Waals surface area contributed by atoms with Crippen molar-refractivity contribution in [2.45, 2.75) is 36.8 Å². The molecule has 0 fully saturated rings. The lowest BCUT2D eigenvalue weighted by molar-refractivity contribution is -0.419. The molecule has 1 unspecified atom stereocenters. The highest BCUT2D eigenvalue weighted by Crippen LogP contribution is 2.41. The Bertz CT molecular complexity index is 421. The van der Waals surface area contributed by atoms with Crippen LogP contribution >= 0.6 is 21.6 Å². The lowest BCUT2D eigenvalue weighted by Gasteiger charge is -2.25. The maximum atomic E-state index is 10.5. The van der Waals surface area contributed by atoms with Gasteiger partial charge in [0.2, 0.25) is 0 Å². The number of nitrogens with one attached hydrogen (secondary N) is 1. The molecule has 0 aromatic carbocycles. The lowest BCUT2D eigenvalue weighted by atomic mass is 10.1. The number of carbonyl (C=O) groups is 1. The second-order valence-corrected chi connectivity index (χ2v) is 7.66. The van der Waals surface area contributed by atoms with Gasteiger partial charge in [0.1, 0.15) is 5.37 Å². The van der Waals surface area contributed by atoms with E-state index >= 15 is 0 Å². The van der Waals surface area contributed by atoms with Crippen molar-refractivity contribution in [3.8, 4) is 0 Å². The highest BCUT2D eigenvalue weighted by Gasteiger charge is 2.23. The Morgan fingerprint density at radius 2 is 2.32 bits per heavy atom. The normalized spacial score (nSPS) is 18.6. The van der Waals surface area contributed by atoms with Gasteiger partial charge in [-0.15, -0.1) is 0 Å². The number of rotatable bonds is 7. The predicted octanol–water partition coefficient (Wildman–Crippen LogP) is 2.61. The van der Waals surface area contributed by atoms with Gasteiger partial charge in [0, 0.05) is 17.2 Å². The Morgan fingerprint density at radius 1 is 1.63 bits per heavy atom. The molecule has 0 aromatic heterocycles. The summed E-state index contributed by atoms with van der Waals surface area (Å²) < 4.78 is -0.161. The maximum Gasteiger partial charge on any atom is 0.303 e. The molecule has 1 aliphatic rings. The van der Waals surface area contributed by atoms with E-state index in [2.05, 4.69) is 5.32 Å². The molecule has 1 heterocycles. The summed E-state index contributed by atoms with van der Waals surface area (Å²) >= 11 is 0. The molecule has 6 nitrogen and oxygen atoms in total. The molecular weight excluding hydrogens is 288 g/mol. The summed E-state index contributed by atoms with van der Waals surface area (Å²) in [6, 6.07) is 0. The summed E-state index contributed by atoms with van der Waals surface area (Å²) in [6.07, 6.45) is 5.29. The average molecular weight is 304 g/mol. The fraction of sp³-hybridized carbons (Fsp3) is 0.545. The molecule has 0 amide bonds. The molecule has 0 saturated heterocycles. The number of nitrogens with zero attached hydrogens (tertiary/aromatic N) is 1. The SMILES string of the molecule is CC(C)(CCC(=O)O)SSC1C=CC([N+](=O)[O-])=CN1. The lowest BCUT2D eigenvalue weighted by Crippen LogP contribution is -2.24. The number of aliphatic carboxylic acids is 1. The topological polar surface area (TPSA) is 92.5 Å². The minimum atomic E-state index is -0.798. The monoisotopic (exact) mass is 304 g/mol. The molecule has 19 heavy (non-hydrogen) atoms. The van der Waals surface area contributed by atoms with E-state index in [1.807, 2.05) is 13.8 Å². The molecule has 0 aliphatic carbocycles. The summed E-state index contributed by atoms with van der Waals surface area (Å²) in [6.45, 7) is 3.97. The second kappa shape index (κ2) is 6.85. The van der Waals surface area contributed by atoms with Crippen LogP contribution in [0.15, 0.2) is 24.0 Å². The van der Waals surface area contributed by atoms with Crippen LogP contribution in [0.5, 0.6) is 0 Å². The zero-order chi connectivity index (χ0) is 14.5. The summed E-state index contributed by atoms with van der Waals surface area (Å²) in [5, 5.41) is 22.0. The smallest absolute Gasteiger partial charge is 0.303 e. The van der Waals surface area contributed by atoms with E-state index in [0.717, 1.165) is 0 Å². The van der Waals surface area contributed by atoms with Crippen molar-refractivity contribution < 1.29 is 14.8 Å². The van der Waals surface area contributed by atoms with Crippen LogP contribution in [0, 0.1) is 10.1 Å². The Hall–Kier alpha value is -1.15. The van der Waals surface area contributed by atoms with Gasteiger partial charge in [-0.2, -0.15) is 0 Å². The molecule has 0 saturated carbocycles. The number of hydrogen-bond acceptors (Lipinski definition) is 6. The first-order chi connectivity index (χ1) is 8.80. The van der Waals surface area contributed by atoms with Crippen LogP contribution in [0.3, 0.4) is 0 Å². The first-order valence-electron chi connectivity index (χ1n) is 5.65. The summed E-state index contributed by atoms with van der Waals surface area (Å²) in [5.41, 5.74) is 0.0342. The van der Waals surface area contributed by atoms with E-state index < -0.39 is 10.9 Å². The van der Waals surface area contributed by atoms with Gasteiger partial charge in [-0.1, -0.05) is 21.6 Å². The average Bonchev–Trinajstić information content (AvgIpc) is 2.35. The molecule has 0 radical (unpaired) electrons. The van der Waals surface area contributed by atoms with E-state index in [9.17, 15) is 14.9 Å². The molecule has 0 spiro atoms. The van der Waals surface area contributed by atoms with Crippen LogP contribution in [0.1, 0.15) is 26.7 Å². The standard InChI is InChI=1S/C11H16N2O4S2/c1-11(2,6-5-10(14)15)19-18-9-4-3-8(7-12-9)13(16)17/h3-4,7,9,12H,5-6H2,1-2H3,(H,14,15). The number of hydrogen-bond donors (Lipinski definition) is 2. The van der Waals surface area contributed by atoms with Crippen molar-refractivity contribution in [2.24, 2.45) is 0 Å². The van der Waals surface area contributed by atoms with Gasteiger partial charge in [0.15, 0.2) is 0 Å². The van der Waals surface area contributed by atoms with Crippen LogP contribution in [-0.4, -0.2) is 26.1 Å². The molecule has 1 atom stereocenters. The maximum absolute atomic E-state index is 10.5. The van der Waals surface area contributed by atoms with Gasteiger partial charge < -0.3 is 10.4 Å². The molecule has 1 aliphatic heterocycles. The van der Waals surface area contributed by atoms with E-state index in [-0.39, 0.29) is 22.2 Å². The predicted molar refractivity (Wildman–Crippen MR) is 77.3 cm³/mol. The van der Waals surface area contributed by atoms with Gasteiger partial charge >= 0.3 is 5.97 Å². The van der Waals surface area contributed by atoms with Crippen molar-refractivity contribution >= 4 is 27.6 Å². The highest BCUT2D eigenvalue weighted by molar-refractivity contribution is 8.77. The van der Waals surface area contributed by atoms with E-state index in [0.29, 0.717) is 6.42 Å². The third-order valence-corrected chi connectivity index (χ3v) is 5.88. The fourth-order valence-electron chi connectivity index (χ4n) is 1.26. The zero-order valence-corrected chi connectivity index (χ0v) is 12.3. The van der Waals surface area contributed by atoms with Crippen molar-refractivity contribution in [1.82, 2.24) is 5.32 Å². The van der Waals surface area contributed by atoms with Crippen LogP contribution in [0.2, 0.25) is 0 Å². The van der Waals surface area contributed by atoms with Gasteiger partial charge in [-0.25, -0.2) is 0 Å². The Morgan fingerprint density at radius 3 is 2.79 bits per heavy atom. The van der Waals surface area contributed by atoms with Crippen molar-refractivity contribution in [3.05, 3.63) is 34.2 Å². The van der Waals surface area contributed by atoms with E-state index in [4.69, 9.17) is 5.11 Å². The van der Waals surface area contributed by atoms with Gasteiger partial charge in [0.05, 0.1) is 11.1 Å². The zero-order valence-electron chi connectivity index (χ0n) is 10.7. The van der Waals surface area contributed by atoms with Crippen LogP contribution < -0.4 is 5.32 Å². The minimum absolute atomic E-state index is 0.0342. The van der Waals surface area contributed by atoms with Crippen LogP contribution in [-0.2, 0) is 4.79 Å². The molecule has 0 aromatic rings.